The molecule has 0 aliphatic carbocycles. The molecule has 1 N–H and O–H groups in total. The Morgan fingerprint density at radius 1 is 1.20 bits per heavy atom. The second kappa shape index (κ2) is 5.35. The number of para-hydroxylation sites is 1. The van der Waals surface area contributed by atoms with Gasteiger partial charge in [-0.1, -0.05) is 32.9 Å². The lowest BCUT2D eigenvalue weighted by Crippen LogP contribution is -2.66. The molecule has 1 fully saturated rings. The van der Waals surface area contributed by atoms with E-state index < -0.39 is 12.1 Å². The van der Waals surface area contributed by atoms with E-state index in [1.165, 1.54) is 0 Å². The van der Waals surface area contributed by atoms with E-state index in [-0.39, 0.29) is 17.2 Å². The van der Waals surface area contributed by atoms with E-state index >= 15 is 0 Å². The van der Waals surface area contributed by atoms with Crippen LogP contribution in [0.3, 0.4) is 0 Å². The first-order valence-electron chi connectivity index (χ1n) is 6.61. The first kappa shape index (κ1) is 15.3. The highest BCUT2D eigenvalue weighted by Crippen LogP contribution is 2.31. The predicted octanol–water partition coefficient (Wildman–Crippen LogP) is 2.56. The summed E-state index contributed by atoms with van der Waals surface area (Å²) in [6.45, 7) is 7.63. The van der Waals surface area contributed by atoms with Crippen LogP contribution in [-0.2, 0) is 9.59 Å². The lowest BCUT2D eigenvalue weighted by molar-refractivity contribution is -0.136. The van der Waals surface area contributed by atoms with Crippen molar-refractivity contribution in [3.05, 3.63) is 27.8 Å². The Hall–Kier alpha value is -1.11. The van der Waals surface area contributed by atoms with Gasteiger partial charge in [0.2, 0.25) is 5.91 Å². The maximum atomic E-state index is 12.8. The lowest BCUT2D eigenvalue weighted by Gasteiger charge is -2.42. The first-order chi connectivity index (χ1) is 9.23. The first-order valence-corrected chi connectivity index (χ1v) is 7.69. The lowest BCUT2D eigenvalue weighted by atomic mass is 9.84. The average Bonchev–Trinajstić information content (AvgIpc) is 2.35. The smallest absolute Gasteiger partial charge is 0.250 e. The minimum absolute atomic E-state index is 0.0475. The van der Waals surface area contributed by atoms with Crippen LogP contribution < -0.4 is 10.2 Å². The number of nitrogens with zero attached hydrogens (tertiary/aromatic N) is 1. The van der Waals surface area contributed by atoms with Crippen molar-refractivity contribution in [3.8, 4) is 0 Å². The number of halogens is 1. The van der Waals surface area contributed by atoms with E-state index in [1.807, 2.05) is 45.0 Å². The van der Waals surface area contributed by atoms with Crippen LogP contribution in [-0.4, -0.2) is 23.9 Å². The number of benzene rings is 1. The van der Waals surface area contributed by atoms with Crippen molar-refractivity contribution in [1.29, 1.82) is 0 Å². The fourth-order valence-electron chi connectivity index (χ4n) is 2.33. The van der Waals surface area contributed by atoms with Crippen LogP contribution in [0.1, 0.15) is 27.7 Å². The number of carbonyl (C=O) groups excluding carboxylic acids is 2. The van der Waals surface area contributed by atoms with Crippen LogP contribution in [0.15, 0.2) is 24.3 Å². The van der Waals surface area contributed by atoms with Gasteiger partial charge < -0.3 is 5.32 Å². The standard InChI is InChI=1S/C15H19IN2O2/c1-9-13(19)17-12(15(2,3)4)14(20)18(9)11-8-6-5-7-10(11)16/h5-9,12H,1-4H3,(H,17,19). The largest absolute Gasteiger partial charge is 0.342 e. The fourth-order valence-corrected chi connectivity index (χ4v) is 2.98. The normalized spacial score (nSPS) is 23.8. The highest BCUT2D eigenvalue weighted by molar-refractivity contribution is 14.1. The van der Waals surface area contributed by atoms with Gasteiger partial charge in [0.1, 0.15) is 12.1 Å². The van der Waals surface area contributed by atoms with Gasteiger partial charge in [0.05, 0.1) is 5.69 Å². The van der Waals surface area contributed by atoms with Crippen molar-refractivity contribution in [3.63, 3.8) is 0 Å². The highest BCUT2D eigenvalue weighted by atomic mass is 127. The van der Waals surface area contributed by atoms with Crippen molar-refractivity contribution in [2.75, 3.05) is 4.90 Å². The zero-order chi connectivity index (χ0) is 15.1. The van der Waals surface area contributed by atoms with Crippen molar-refractivity contribution >= 4 is 40.1 Å². The quantitative estimate of drug-likeness (QED) is 0.755. The van der Waals surface area contributed by atoms with Gasteiger partial charge in [-0.05, 0) is 47.1 Å². The summed E-state index contributed by atoms with van der Waals surface area (Å²) in [5, 5.41) is 2.84. The molecular formula is C15H19IN2O2. The highest BCUT2D eigenvalue weighted by Gasteiger charge is 2.44. The minimum atomic E-state index is -0.498. The van der Waals surface area contributed by atoms with Crippen LogP contribution in [0.2, 0.25) is 0 Å². The van der Waals surface area contributed by atoms with Gasteiger partial charge in [0.25, 0.3) is 5.91 Å². The molecule has 20 heavy (non-hydrogen) atoms. The molecule has 108 valence electrons. The zero-order valence-corrected chi connectivity index (χ0v) is 14.3. The van der Waals surface area contributed by atoms with Gasteiger partial charge in [0.15, 0.2) is 0 Å². The van der Waals surface area contributed by atoms with Crippen molar-refractivity contribution in [2.45, 2.75) is 39.8 Å². The van der Waals surface area contributed by atoms with Crippen LogP contribution in [0.4, 0.5) is 5.69 Å². The maximum absolute atomic E-state index is 12.8. The molecule has 5 heteroatoms. The molecule has 1 aliphatic heterocycles. The molecule has 0 saturated carbocycles. The summed E-state index contributed by atoms with van der Waals surface area (Å²) in [5.41, 5.74) is 0.487. The van der Waals surface area contributed by atoms with E-state index in [2.05, 4.69) is 27.9 Å². The molecule has 2 rings (SSSR count). The predicted molar refractivity (Wildman–Crippen MR) is 87.5 cm³/mol. The Morgan fingerprint density at radius 3 is 2.35 bits per heavy atom. The molecule has 4 nitrogen and oxygen atoms in total. The number of rotatable bonds is 1. The Kier molecular flexibility index (Phi) is 4.09. The molecule has 0 radical (unpaired) electrons. The number of amides is 2. The fraction of sp³-hybridized carbons (Fsp3) is 0.467. The number of piperazine rings is 1. The van der Waals surface area contributed by atoms with E-state index in [9.17, 15) is 9.59 Å². The monoisotopic (exact) mass is 386 g/mol. The topological polar surface area (TPSA) is 49.4 Å². The van der Waals surface area contributed by atoms with Gasteiger partial charge in [-0.3, -0.25) is 14.5 Å². The van der Waals surface area contributed by atoms with E-state index in [1.54, 1.807) is 11.8 Å². The third-order valence-corrected chi connectivity index (χ3v) is 4.43. The molecule has 1 aromatic rings. The second-order valence-electron chi connectivity index (χ2n) is 6.14. The number of nitrogens with one attached hydrogen (secondary N) is 1. The number of hydrogen-bond donors (Lipinski definition) is 1. The average molecular weight is 386 g/mol. The SMILES string of the molecule is CC1C(=O)NC(C(C)(C)C)C(=O)N1c1ccccc1I. The molecular weight excluding hydrogens is 367 g/mol. The van der Waals surface area contributed by atoms with Gasteiger partial charge in [-0.15, -0.1) is 0 Å². The van der Waals surface area contributed by atoms with Crippen molar-refractivity contribution < 1.29 is 9.59 Å². The van der Waals surface area contributed by atoms with Gasteiger partial charge >= 0.3 is 0 Å². The third-order valence-electron chi connectivity index (χ3n) is 3.52. The van der Waals surface area contributed by atoms with Crippen molar-refractivity contribution in [1.82, 2.24) is 5.32 Å². The van der Waals surface area contributed by atoms with E-state index in [0.717, 1.165) is 9.26 Å². The number of hydrogen-bond acceptors (Lipinski definition) is 2. The van der Waals surface area contributed by atoms with Crippen LogP contribution in [0, 0.1) is 8.99 Å². The van der Waals surface area contributed by atoms with Crippen LogP contribution >= 0.6 is 22.6 Å². The van der Waals surface area contributed by atoms with Gasteiger partial charge in [0, 0.05) is 3.57 Å². The molecule has 1 saturated heterocycles. The summed E-state index contributed by atoms with van der Waals surface area (Å²) in [6, 6.07) is 6.64. The summed E-state index contributed by atoms with van der Waals surface area (Å²) < 4.78 is 0.965. The number of anilines is 1. The van der Waals surface area contributed by atoms with Crippen molar-refractivity contribution in [2.24, 2.45) is 5.41 Å². The Bertz CT molecular complexity index is 551. The summed E-state index contributed by atoms with van der Waals surface area (Å²) in [4.78, 5) is 26.6. The molecule has 1 aromatic carbocycles. The molecule has 2 amide bonds. The molecule has 0 bridgehead atoms. The summed E-state index contributed by atoms with van der Waals surface area (Å²) in [7, 11) is 0. The van der Waals surface area contributed by atoms with Crippen LogP contribution in [0.5, 0.6) is 0 Å². The second-order valence-corrected chi connectivity index (χ2v) is 7.31. The molecule has 2 atom stereocenters. The molecule has 1 aliphatic rings. The minimum Gasteiger partial charge on any atom is -0.342 e. The van der Waals surface area contributed by atoms with Gasteiger partial charge in [-0.2, -0.15) is 0 Å². The maximum Gasteiger partial charge on any atom is 0.250 e. The number of carbonyl (C=O) groups is 2. The van der Waals surface area contributed by atoms with Crippen LogP contribution in [0.25, 0.3) is 0 Å². The zero-order valence-electron chi connectivity index (χ0n) is 12.1. The van der Waals surface area contributed by atoms with E-state index in [4.69, 9.17) is 0 Å². The molecule has 0 aromatic heterocycles. The van der Waals surface area contributed by atoms with E-state index in [0.29, 0.717) is 0 Å². The molecule has 0 spiro atoms. The molecule has 1 heterocycles. The summed E-state index contributed by atoms with van der Waals surface area (Å²) in [6.07, 6.45) is 0. The Morgan fingerprint density at radius 2 is 1.80 bits per heavy atom. The van der Waals surface area contributed by atoms with Gasteiger partial charge in [-0.25, -0.2) is 0 Å². The molecule has 2 unspecified atom stereocenters. The summed E-state index contributed by atoms with van der Waals surface area (Å²) >= 11 is 2.19. The Balaban J connectivity index is 2.47. The Labute approximate surface area is 133 Å². The summed E-state index contributed by atoms with van der Waals surface area (Å²) in [5.74, 6) is -0.155. The third kappa shape index (κ3) is 2.68.